The Bertz CT molecular complexity index is 960. The van der Waals surface area contributed by atoms with Crippen LogP contribution in [-0.4, -0.2) is 27.7 Å². The molecule has 0 unspecified atom stereocenters. The molecule has 0 spiro atoms. The highest BCUT2D eigenvalue weighted by Crippen LogP contribution is 2.34. The van der Waals surface area contributed by atoms with Crippen molar-refractivity contribution in [1.29, 1.82) is 0 Å². The number of rotatable bonds is 6. The van der Waals surface area contributed by atoms with Crippen molar-refractivity contribution in [3.63, 3.8) is 0 Å². The number of hydrogen-bond acceptors (Lipinski definition) is 5. The molecule has 2 aromatic heterocycles. The molecular weight excluding hydrogens is 390 g/mol. The highest BCUT2D eigenvalue weighted by molar-refractivity contribution is 8.00. The van der Waals surface area contributed by atoms with Gasteiger partial charge in [-0.15, -0.1) is 11.3 Å². The molecule has 2 aliphatic rings. The third kappa shape index (κ3) is 4.35. The molecule has 5 nitrogen and oxygen atoms in total. The van der Waals surface area contributed by atoms with E-state index < -0.39 is 0 Å². The molecule has 0 saturated carbocycles. The van der Waals surface area contributed by atoms with Crippen LogP contribution in [0, 0.1) is 0 Å². The summed E-state index contributed by atoms with van der Waals surface area (Å²) in [6.45, 7) is 2.54. The second kappa shape index (κ2) is 8.82. The number of aromatic nitrogens is 2. The number of H-pyrrole nitrogens is 1. The first-order valence-electron chi connectivity index (χ1n) is 10.3. The summed E-state index contributed by atoms with van der Waals surface area (Å²) in [4.78, 5) is 34.7. The molecule has 2 aromatic rings. The number of allylic oxidation sites excluding steroid dienone is 1. The van der Waals surface area contributed by atoms with E-state index in [2.05, 4.69) is 21.4 Å². The summed E-state index contributed by atoms with van der Waals surface area (Å²) < 4.78 is 0. The molecule has 0 aromatic carbocycles. The van der Waals surface area contributed by atoms with E-state index in [1.165, 1.54) is 53.5 Å². The normalized spacial score (nSPS) is 17.8. The SMILES string of the molecule is C[C@H](Sc1nc2sc3c(c2c(=O)[nH]1)CCCC3)C(=O)NCCC1=CCCCC1. The zero-order chi connectivity index (χ0) is 19.5. The fourth-order valence-electron chi connectivity index (χ4n) is 4.04. The number of carbonyl (C=O) groups is 1. The van der Waals surface area contributed by atoms with Crippen LogP contribution >= 0.6 is 23.1 Å². The van der Waals surface area contributed by atoms with Gasteiger partial charge >= 0.3 is 0 Å². The van der Waals surface area contributed by atoms with Gasteiger partial charge in [0.1, 0.15) is 4.83 Å². The third-order valence-corrected chi connectivity index (χ3v) is 7.76. The lowest BCUT2D eigenvalue weighted by atomic mass is 9.97. The van der Waals surface area contributed by atoms with Gasteiger partial charge in [-0.05, 0) is 70.3 Å². The number of amides is 1. The maximum atomic E-state index is 12.6. The number of fused-ring (bicyclic) bond motifs is 3. The third-order valence-electron chi connectivity index (χ3n) is 5.59. The quantitative estimate of drug-likeness (QED) is 0.416. The van der Waals surface area contributed by atoms with Crippen LogP contribution in [0.1, 0.15) is 62.3 Å². The van der Waals surface area contributed by atoms with Crippen LogP contribution in [0.4, 0.5) is 0 Å². The molecule has 7 heteroatoms. The lowest BCUT2D eigenvalue weighted by Gasteiger charge is -2.14. The maximum absolute atomic E-state index is 12.6. The standard InChI is InChI=1S/C21H27N3O2S2/c1-13(18(25)22-12-11-14-7-3-2-4-8-14)27-21-23-19(26)17-15-9-5-6-10-16(15)28-20(17)24-21/h7,13H,2-6,8-12H2,1H3,(H,22,25)(H,23,24,26)/t13-/m0/s1. The first kappa shape index (κ1) is 19.7. The highest BCUT2D eigenvalue weighted by atomic mass is 32.2. The second-order valence-electron chi connectivity index (χ2n) is 7.67. The first-order valence-corrected chi connectivity index (χ1v) is 12.0. The average Bonchev–Trinajstić information content (AvgIpc) is 3.07. The van der Waals surface area contributed by atoms with Gasteiger partial charge in [0, 0.05) is 11.4 Å². The van der Waals surface area contributed by atoms with Crippen molar-refractivity contribution in [1.82, 2.24) is 15.3 Å². The Labute approximate surface area is 173 Å². The minimum Gasteiger partial charge on any atom is -0.355 e. The average molecular weight is 418 g/mol. The minimum absolute atomic E-state index is 0.00497. The smallest absolute Gasteiger partial charge is 0.260 e. The van der Waals surface area contributed by atoms with E-state index in [1.807, 2.05) is 6.92 Å². The van der Waals surface area contributed by atoms with E-state index in [0.717, 1.165) is 42.3 Å². The van der Waals surface area contributed by atoms with Crippen molar-refractivity contribution in [3.05, 3.63) is 32.4 Å². The number of thioether (sulfide) groups is 1. The van der Waals surface area contributed by atoms with Gasteiger partial charge in [-0.25, -0.2) is 4.98 Å². The molecule has 2 N–H and O–H groups in total. The minimum atomic E-state index is -0.296. The highest BCUT2D eigenvalue weighted by Gasteiger charge is 2.21. The van der Waals surface area contributed by atoms with E-state index in [1.54, 1.807) is 11.3 Å². The van der Waals surface area contributed by atoms with Gasteiger partial charge < -0.3 is 10.3 Å². The Kier molecular flexibility index (Phi) is 6.21. The zero-order valence-corrected chi connectivity index (χ0v) is 17.9. The number of aryl methyl sites for hydroxylation is 2. The fraction of sp³-hybridized carbons (Fsp3) is 0.571. The zero-order valence-electron chi connectivity index (χ0n) is 16.3. The summed E-state index contributed by atoms with van der Waals surface area (Å²) >= 11 is 2.97. The molecule has 2 aliphatic carbocycles. The molecule has 0 radical (unpaired) electrons. The molecule has 150 valence electrons. The van der Waals surface area contributed by atoms with Gasteiger partial charge in [0.05, 0.1) is 10.6 Å². The molecule has 28 heavy (non-hydrogen) atoms. The Balaban J connectivity index is 1.39. The maximum Gasteiger partial charge on any atom is 0.260 e. The van der Waals surface area contributed by atoms with Crippen molar-refractivity contribution < 1.29 is 4.79 Å². The Morgan fingerprint density at radius 3 is 2.93 bits per heavy atom. The predicted octanol–water partition coefficient (Wildman–Crippen LogP) is 4.35. The number of carbonyl (C=O) groups excluding carboxylic acids is 1. The molecule has 2 heterocycles. The van der Waals surface area contributed by atoms with E-state index in [0.29, 0.717) is 11.7 Å². The van der Waals surface area contributed by atoms with Crippen molar-refractivity contribution in [2.45, 2.75) is 75.1 Å². The van der Waals surface area contributed by atoms with E-state index in [9.17, 15) is 9.59 Å². The van der Waals surface area contributed by atoms with Crippen LogP contribution in [0.15, 0.2) is 21.6 Å². The lowest BCUT2D eigenvalue weighted by molar-refractivity contribution is -0.120. The molecule has 0 saturated heterocycles. The second-order valence-corrected chi connectivity index (χ2v) is 10.1. The van der Waals surface area contributed by atoms with Crippen LogP contribution in [-0.2, 0) is 17.6 Å². The molecular formula is C21H27N3O2S2. The number of hydrogen-bond donors (Lipinski definition) is 2. The van der Waals surface area contributed by atoms with Crippen molar-refractivity contribution in [2.75, 3.05) is 6.54 Å². The van der Waals surface area contributed by atoms with Crippen molar-refractivity contribution >= 4 is 39.2 Å². The summed E-state index contributed by atoms with van der Waals surface area (Å²) in [5.41, 5.74) is 2.59. The topological polar surface area (TPSA) is 74.8 Å². The lowest BCUT2D eigenvalue weighted by Crippen LogP contribution is -2.32. The Hall–Kier alpha value is -1.60. The van der Waals surface area contributed by atoms with Crippen LogP contribution in [0.5, 0.6) is 0 Å². The van der Waals surface area contributed by atoms with Gasteiger partial charge in [-0.1, -0.05) is 23.4 Å². The number of thiophene rings is 1. The summed E-state index contributed by atoms with van der Waals surface area (Å²) in [7, 11) is 0. The summed E-state index contributed by atoms with van der Waals surface area (Å²) in [5.74, 6) is -0.00497. The van der Waals surface area contributed by atoms with Crippen LogP contribution in [0.2, 0.25) is 0 Å². The van der Waals surface area contributed by atoms with Crippen molar-refractivity contribution in [2.24, 2.45) is 0 Å². The number of nitrogens with one attached hydrogen (secondary N) is 2. The molecule has 0 fully saturated rings. The monoisotopic (exact) mass is 417 g/mol. The fourth-order valence-corrected chi connectivity index (χ4v) is 6.18. The Morgan fingerprint density at radius 1 is 1.29 bits per heavy atom. The molecule has 0 aliphatic heterocycles. The van der Waals surface area contributed by atoms with Gasteiger partial charge in [0.15, 0.2) is 5.16 Å². The molecule has 0 bridgehead atoms. The van der Waals surface area contributed by atoms with Crippen molar-refractivity contribution in [3.8, 4) is 0 Å². The van der Waals surface area contributed by atoms with Gasteiger partial charge in [-0.3, -0.25) is 9.59 Å². The number of aromatic amines is 1. The van der Waals surface area contributed by atoms with Gasteiger partial charge in [0.25, 0.3) is 5.56 Å². The van der Waals surface area contributed by atoms with E-state index >= 15 is 0 Å². The summed E-state index contributed by atoms with van der Waals surface area (Å²) in [6.07, 6.45) is 12.5. The first-order chi connectivity index (χ1) is 13.6. The molecule has 4 rings (SSSR count). The van der Waals surface area contributed by atoms with E-state index in [-0.39, 0.29) is 16.7 Å². The summed E-state index contributed by atoms with van der Waals surface area (Å²) in [6, 6.07) is 0. The number of nitrogens with zero attached hydrogens (tertiary/aromatic N) is 1. The van der Waals surface area contributed by atoms with E-state index in [4.69, 9.17) is 0 Å². The van der Waals surface area contributed by atoms with Gasteiger partial charge in [0.2, 0.25) is 5.91 Å². The van der Waals surface area contributed by atoms with Crippen LogP contribution in [0.3, 0.4) is 0 Å². The predicted molar refractivity (Wildman–Crippen MR) is 116 cm³/mol. The van der Waals surface area contributed by atoms with Gasteiger partial charge in [-0.2, -0.15) is 0 Å². The Morgan fingerprint density at radius 2 is 2.11 bits per heavy atom. The van der Waals surface area contributed by atoms with Crippen LogP contribution < -0.4 is 10.9 Å². The molecule has 1 amide bonds. The molecule has 1 atom stereocenters. The van der Waals surface area contributed by atoms with Crippen LogP contribution in [0.25, 0.3) is 10.2 Å². The largest absolute Gasteiger partial charge is 0.355 e. The summed E-state index contributed by atoms with van der Waals surface area (Å²) in [5, 5.41) is 4.03.